The molecule has 0 radical (unpaired) electrons. The van der Waals surface area contributed by atoms with Gasteiger partial charge in [-0.25, -0.2) is 0 Å². The Labute approximate surface area is 107 Å². The van der Waals surface area contributed by atoms with Gasteiger partial charge in [0.25, 0.3) is 5.91 Å². The van der Waals surface area contributed by atoms with Crippen LogP contribution < -0.4 is 21.1 Å². The van der Waals surface area contributed by atoms with Crippen LogP contribution in [-0.2, 0) is 4.79 Å². The number of ether oxygens (including phenoxy) is 1. The quantitative estimate of drug-likeness (QED) is 0.744. The molecule has 1 aliphatic heterocycles. The van der Waals surface area contributed by atoms with Crippen LogP contribution in [-0.4, -0.2) is 25.6 Å². The lowest BCUT2D eigenvalue weighted by atomic mass is 9.99. The molecule has 1 amide bonds. The van der Waals surface area contributed by atoms with Gasteiger partial charge in [-0.1, -0.05) is 6.07 Å². The van der Waals surface area contributed by atoms with E-state index in [2.05, 4.69) is 10.6 Å². The second kappa shape index (κ2) is 5.37. The third-order valence-corrected chi connectivity index (χ3v) is 2.99. The fourth-order valence-corrected chi connectivity index (χ4v) is 2.11. The minimum Gasteiger partial charge on any atom is -0.482 e. The Bertz CT molecular complexity index is 446. The number of hydrogen-bond acceptors (Lipinski definition) is 4. The maximum Gasteiger partial charge on any atom is 0.262 e. The Morgan fingerprint density at radius 3 is 3.00 bits per heavy atom. The number of carbonyl (C=O) groups is 1. The fourth-order valence-electron chi connectivity index (χ4n) is 2.11. The minimum atomic E-state index is -0.118. The van der Waals surface area contributed by atoms with Gasteiger partial charge in [-0.05, 0) is 38.1 Å². The van der Waals surface area contributed by atoms with Crippen molar-refractivity contribution in [3.05, 3.63) is 23.8 Å². The zero-order valence-electron chi connectivity index (χ0n) is 10.7. The van der Waals surface area contributed by atoms with Gasteiger partial charge in [0.1, 0.15) is 5.75 Å². The molecule has 1 aromatic carbocycles. The number of hydrogen-bond donors (Lipinski definition) is 3. The molecule has 4 N–H and O–H groups in total. The first-order valence-electron chi connectivity index (χ1n) is 6.09. The molecule has 2 atom stereocenters. The van der Waals surface area contributed by atoms with Crippen molar-refractivity contribution >= 4 is 11.6 Å². The summed E-state index contributed by atoms with van der Waals surface area (Å²) in [5.41, 5.74) is 7.66. The third-order valence-electron chi connectivity index (χ3n) is 2.99. The van der Waals surface area contributed by atoms with Crippen molar-refractivity contribution in [2.45, 2.75) is 25.4 Å². The lowest BCUT2D eigenvalue weighted by Gasteiger charge is -2.22. The molecule has 5 heteroatoms. The first kappa shape index (κ1) is 12.9. The molecule has 0 aromatic heterocycles. The Kier molecular flexibility index (Phi) is 3.84. The van der Waals surface area contributed by atoms with E-state index >= 15 is 0 Å². The van der Waals surface area contributed by atoms with Crippen LogP contribution in [0.15, 0.2) is 18.2 Å². The third kappa shape index (κ3) is 2.80. The summed E-state index contributed by atoms with van der Waals surface area (Å²) < 4.78 is 5.33. The van der Waals surface area contributed by atoms with E-state index in [0.29, 0.717) is 5.75 Å². The highest BCUT2D eigenvalue weighted by Crippen LogP contribution is 2.31. The maximum absolute atomic E-state index is 11.3. The van der Waals surface area contributed by atoms with Gasteiger partial charge in [-0.3, -0.25) is 4.79 Å². The van der Waals surface area contributed by atoms with Crippen molar-refractivity contribution in [3.8, 4) is 5.75 Å². The fraction of sp³-hybridized carbons (Fsp3) is 0.462. The zero-order valence-corrected chi connectivity index (χ0v) is 10.7. The Morgan fingerprint density at radius 1 is 1.56 bits per heavy atom. The summed E-state index contributed by atoms with van der Waals surface area (Å²) in [5, 5.41) is 6.04. The molecule has 0 fully saturated rings. The first-order chi connectivity index (χ1) is 8.60. The van der Waals surface area contributed by atoms with Gasteiger partial charge in [-0.15, -0.1) is 0 Å². The van der Waals surface area contributed by atoms with E-state index in [-0.39, 0.29) is 24.6 Å². The smallest absolute Gasteiger partial charge is 0.262 e. The Hall–Kier alpha value is -1.59. The van der Waals surface area contributed by atoms with Crippen molar-refractivity contribution in [1.29, 1.82) is 0 Å². The van der Waals surface area contributed by atoms with Crippen molar-refractivity contribution in [1.82, 2.24) is 5.32 Å². The van der Waals surface area contributed by atoms with Crippen LogP contribution in [0.25, 0.3) is 0 Å². The van der Waals surface area contributed by atoms with Gasteiger partial charge in [0.05, 0.1) is 5.69 Å². The number of nitrogens with one attached hydrogen (secondary N) is 2. The van der Waals surface area contributed by atoms with Crippen molar-refractivity contribution in [2.75, 3.05) is 19.0 Å². The van der Waals surface area contributed by atoms with Crippen LogP contribution in [0.2, 0.25) is 0 Å². The van der Waals surface area contributed by atoms with Crippen molar-refractivity contribution < 1.29 is 9.53 Å². The highest BCUT2D eigenvalue weighted by molar-refractivity contribution is 5.95. The average Bonchev–Trinajstić information content (AvgIpc) is 2.34. The van der Waals surface area contributed by atoms with Crippen LogP contribution in [0.3, 0.4) is 0 Å². The summed E-state index contributed by atoms with van der Waals surface area (Å²) in [6, 6.07) is 6.12. The molecular formula is C13H19N3O2. The van der Waals surface area contributed by atoms with E-state index in [4.69, 9.17) is 10.5 Å². The van der Waals surface area contributed by atoms with Gasteiger partial charge < -0.3 is 21.1 Å². The predicted molar refractivity (Wildman–Crippen MR) is 70.6 cm³/mol. The summed E-state index contributed by atoms with van der Waals surface area (Å²) in [6.07, 6.45) is 0.837. The molecule has 1 aromatic rings. The standard InChI is InChI=1S/C13H19N3O2/c1-8(14)5-10(15-2)9-3-4-12-11(6-9)16-13(17)7-18-12/h3-4,6,8,10,15H,5,7,14H2,1-2H3,(H,16,17). The van der Waals surface area contributed by atoms with Crippen molar-refractivity contribution in [3.63, 3.8) is 0 Å². The van der Waals surface area contributed by atoms with Gasteiger partial charge in [-0.2, -0.15) is 0 Å². The lowest BCUT2D eigenvalue weighted by molar-refractivity contribution is -0.118. The summed E-state index contributed by atoms with van der Waals surface area (Å²) >= 11 is 0. The Morgan fingerprint density at radius 2 is 2.33 bits per heavy atom. The zero-order chi connectivity index (χ0) is 13.1. The van der Waals surface area contributed by atoms with E-state index in [1.165, 1.54) is 0 Å². The SMILES string of the molecule is CNC(CC(C)N)c1ccc2c(c1)NC(=O)CO2. The molecule has 5 nitrogen and oxygen atoms in total. The van der Waals surface area contributed by atoms with Gasteiger partial charge in [0, 0.05) is 12.1 Å². The molecule has 0 bridgehead atoms. The molecule has 0 aliphatic carbocycles. The molecule has 0 saturated heterocycles. The molecular weight excluding hydrogens is 230 g/mol. The first-order valence-corrected chi connectivity index (χ1v) is 6.09. The van der Waals surface area contributed by atoms with Crippen LogP contribution in [0.5, 0.6) is 5.75 Å². The monoisotopic (exact) mass is 249 g/mol. The summed E-state index contributed by atoms with van der Waals surface area (Å²) in [7, 11) is 1.90. The number of anilines is 1. The molecule has 98 valence electrons. The maximum atomic E-state index is 11.3. The van der Waals surface area contributed by atoms with E-state index in [1.807, 2.05) is 32.2 Å². The molecule has 2 unspecified atom stereocenters. The number of nitrogens with two attached hydrogens (primary N) is 1. The van der Waals surface area contributed by atoms with Crippen LogP contribution in [0.4, 0.5) is 5.69 Å². The molecule has 0 saturated carbocycles. The topological polar surface area (TPSA) is 76.4 Å². The molecule has 1 aliphatic rings. The second-order valence-electron chi connectivity index (χ2n) is 4.65. The van der Waals surface area contributed by atoms with Crippen LogP contribution in [0, 0.1) is 0 Å². The number of benzene rings is 1. The van der Waals surface area contributed by atoms with Crippen molar-refractivity contribution in [2.24, 2.45) is 5.73 Å². The molecule has 0 spiro atoms. The van der Waals surface area contributed by atoms with E-state index in [0.717, 1.165) is 17.7 Å². The lowest BCUT2D eigenvalue weighted by Crippen LogP contribution is -2.27. The second-order valence-corrected chi connectivity index (χ2v) is 4.65. The summed E-state index contributed by atoms with van der Waals surface area (Å²) in [5.74, 6) is 0.599. The summed E-state index contributed by atoms with van der Waals surface area (Å²) in [6.45, 7) is 2.06. The minimum absolute atomic E-state index is 0.0850. The van der Waals surface area contributed by atoms with Crippen LogP contribution in [0.1, 0.15) is 24.9 Å². The van der Waals surface area contributed by atoms with E-state index < -0.39 is 0 Å². The van der Waals surface area contributed by atoms with Crippen LogP contribution >= 0.6 is 0 Å². The normalized spacial score (nSPS) is 17.4. The average molecular weight is 249 g/mol. The molecule has 2 rings (SSSR count). The van der Waals surface area contributed by atoms with E-state index in [1.54, 1.807) is 0 Å². The Balaban J connectivity index is 2.23. The highest BCUT2D eigenvalue weighted by Gasteiger charge is 2.18. The number of carbonyl (C=O) groups excluding carboxylic acids is 1. The van der Waals surface area contributed by atoms with Gasteiger partial charge >= 0.3 is 0 Å². The predicted octanol–water partition coefficient (Wildman–Crippen LogP) is 1.02. The van der Waals surface area contributed by atoms with E-state index in [9.17, 15) is 4.79 Å². The highest BCUT2D eigenvalue weighted by atomic mass is 16.5. The molecule has 18 heavy (non-hydrogen) atoms. The molecule has 1 heterocycles. The number of rotatable bonds is 4. The van der Waals surface area contributed by atoms with Gasteiger partial charge in [0.2, 0.25) is 0 Å². The largest absolute Gasteiger partial charge is 0.482 e. The number of amides is 1. The number of fused-ring (bicyclic) bond motifs is 1. The van der Waals surface area contributed by atoms with Gasteiger partial charge in [0.15, 0.2) is 6.61 Å². The summed E-state index contributed by atoms with van der Waals surface area (Å²) in [4.78, 5) is 11.3.